The van der Waals surface area contributed by atoms with Crippen molar-refractivity contribution in [1.82, 2.24) is 4.90 Å². The lowest BCUT2D eigenvalue weighted by atomic mass is 10.7. The first-order chi connectivity index (χ1) is 5.48. The van der Waals surface area contributed by atoms with Crippen LogP contribution in [0.5, 0.6) is 0 Å². The maximum Gasteiger partial charge on any atom is 0.254 e. The molecule has 0 aliphatic carbocycles. The molecule has 1 unspecified atom stereocenters. The number of rotatable bonds is 6. The standard InChI is InChI=1S/C7H18NO2PS/c1-5-10-11(4,9)12-7-6-8(2)3/h5-7H2,1-4H3. The summed E-state index contributed by atoms with van der Waals surface area (Å²) < 4.78 is 16.6. The summed E-state index contributed by atoms with van der Waals surface area (Å²) in [6.07, 6.45) is 0. The third-order valence-corrected chi connectivity index (χ3v) is 5.06. The topological polar surface area (TPSA) is 29.5 Å². The Morgan fingerprint density at radius 3 is 2.50 bits per heavy atom. The van der Waals surface area contributed by atoms with Gasteiger partial charge in [-0.15, -0.1) is 0 Å². The van der Waals surface area contributed by atoms with Crippen LogP contribution in [0.15, 0.2) is 0 Å². The minimum absolute atomic E-state index is 0.530. The second-order valence-corrected chi connectivity index (χ2v) is 8.06. The first-order valence-corrected chi connectivity index (χ1v) is 7.65. The Labute approximate surface area is 79.1 Å². The van der Waals surface area contributed by atoms with Gasteiger partial charge in [-0.2, -0.15) is 0 Å². The normalized spacial score (nSPS) is 16.4. The first kappa shape index (κ1) is 12.5. The van der Waals surface area contributed by atoms with Gasteiger partial charge in [-0.1, -0.05) is 11.4 Å². The number of hydrogen-bond acceptors (Lipinski definition) is 4. The van der Waals surface area contributed by atoms with Gasteiger partial charge < -0.3 is 9.42 Å². The van der Waals surface area contributed by atoms with Gasteiger partial charge in [0.2, 0.25) is 0 Å². The smallest absolute Gasteiger partial charge is 0.254 e. The van der Waals surface area contributed by atoms with E-state index in [2.05, 4.69) is 4.90 Å². The van der Waals surface area contributed by atoms with Crippen LogP contribution in [0.2, 0.25) is 0 Å². The van der Waals surface area contributed by atoms with E-state index in [1.807, 2.05) is 21.0 Å². The summed E-state index contributed by atoms with van der Waals surface area (Å²) in [5.41, 5.74) is 0. The van der Waals surface area contributed by atoms with E-state index < -0.39 is 6.57 Å². The zero-order valence-corrected chi connectivity index (χ0v) is 9.95. The van der Waals surface area contributed by atoms with Gasteiger partial charge >= 0.3 is 0 Å². The molecule has 0 N–H and O–H groups in total. The summed E-state index contributed by atoms with van der Waals surface area (Å²) in [6, 6.07) is 0. The van der Waals surface area contributed by atoms with Gasteiger partial charge in [-0.25, -0.2) is 0 Å². The molecule has 12 heavy (non-hydrogen) atoms. The van der Waals surface area contributed by atoms with Crippen molar-refractivity contribution in [2.45, 2.75) is 6.92 Å². The zero-order chi connectivity index (χ0) is 9.61. The average molecular weight is 211 g/mol. The maximum absolute atomic E-state index is 11.5. The Hall–Kier alpha value is 0.500. The lowest BCUT2D eigenvalue weighted by molar-refractivity contribution is 0.349. The van der Waals surface area contributed by atoms with Crippen molar-refractivity contribution < 1.29 is 9.09 Å². The van der Waals surface area contributed by atoms with Crippen LogP contribution >= 0.6 is 18.0 Å². The minimum Gasteiger partial charge on any atom is -0.322 e. The fourth-order valence-corrected chi connectivity index (χ4v) is 3.76. The summed E-state index contributed by atoms with van der Waals surface area (Å²) in [4.78, 5) is 2.07. The minimum atomic E-state index is -2.36. The summed E-state index contributed by atoms with van der Waals surface area (Å²) in [7, 11) is 4.00. The van der Waals surface area contributed by atoms with Gasteiger partial charge in [0.05, 0.1) is 6.61 Å². The van der Waals surface area contributed by atoms with Crippen molar-refractivity contribution >= 4 is 18.0 Å². The van der Waals surface area contributed by atoms with Gasteiger partial charge in [0.25, 0.3) is 6.57 Å². The predicted molar refractivity (Wildman–Crippen MR) is 56.2 cm³/mol. The Bertz CT molecular complexity index is 163. The molecule has 0 aromatic rings. The van der Waals surface area contributed by atoms with Gasteiger partial charge in [0, 0.05) is 19.0 Å². The summed E-state index contributed by atoms with van der Waals surface area (Å²) >= 11 is 1.42. The molecule has 0 saturated heterocycles. The fourth-order valence-electron chi connectivity index (χ4n) is 0.661. The third-order valence-electron chi connectivity index (χ3n) is 1.23. The fraction of sp³-hybridized carbons (Fsp3) is 1.00. The van der Waals surface area contributed by atoms with E-state index in [0.717, 1.165) is 12.3 Å². The molecule has 0 aliphatic rings. The number of hydrogen-bond donors (Lipinski definition) is 0. The second kappa shape index (κ2) is 6.03. The molecule has 0 radical (unpaired) electrons. The molecule has 5 heteroatoms. The van der Waals surface area contributed by atoms with Crippen molar-refractivity contribution in [3.8, 4) is 0 Å². The van der Waals surface area contributed by atoms with Crippen molar-refractivity contribution in [3.05, 3.63) is 0 Å². The highest BCUT2D eigenvalue weighted by Crippen LogP contribution is 2.55. The first-order valence-electron chi connectivity index (χ1n) is 3.99. The van der Waals surface area contributed by atoms with E-state index in [-0.39, 0.29) is 0 Å². The Kier molecular flexibility index (Phi) is 6.28. The summed E-state index contributed by atoms with van der Waals surface area (Å²) in [5.74, 6) is 0.862. The van der Waals surface area contributed by atoms with E-state index in [1.165, 1.54) is 11.4 Å². The molecular weight excluding hydrogens is 193 g/mol. The van der Waals surface area contributed by atoms with Crippen LogP contribution in [0.4, 0.5) is 0 Å². The van der Waals surface area contributed by atoms with Gasteiger partial charge in [-0.05, 0) is 21.0 Å². The van der Waals surface area contributed by atoms with Crippen molar-refractivity contribution in [2.24, 2.45) is 0 Å². The SMILES string of the molecule is CCOP(C)(=O)SCCN(C)C. The van der Waals surface area contributed by atoms with E-state index in [0.29, 0.717) is 6.61 Å². The largest absolute Gasteiger partial charge is 0.322 e. The van der Waals surface area contributed by atoms with E-state index in [1.54, 1.807) is 6.66 Å². The Balaban J connectivity index is 3.54. The van der Waals surface area contributed by atoms with Crippen LogP contribution < -0.4 is 0 Å². The van der Waals surface area contributed by atoms with Gasteiger partial charge in [0.1, 0.15) is 0 Å². The lowest BCUT2D eigenvalue weighted by Gasteiger charge is -2.13. The van der Waals surface area contributed by atoms with E-state index in [9.17, 15) is 4.57 Å². The van der Waals surface area contributed by atoms with Crippen molar-refractivity contribution in [1.29, 1.82) is 0 Å². The molecule has 0 aromatic heterocycles. The van der Waals surface area contributed by atoms with Gasteiger partial charge in [0.15, 0.2) is 0 Å². The quantitative estimate of drug-likeness (QED) is 0.629. The van der Waals surface area contributed by atoms with Crippen molar-refractivity contribution in [3.63, 3.8) is 0 Å². The van der Waals surface area contributed by atoms with Crippen LogP contribution in [-0.4, -0.2) is 44.6 Å². The molecular formula is C7H18NO2PS. The maximum atomic E-state index is 11.5. The van der Waals surface area contributed by atoms with Crippen molar-refractivity contribution in [2.75, 3.05) is 39.7 Å². The highest BCUT2D eigenvalue weighted by molar-refractivity contribution is 8.56. The van der Waals surface area contributed by atoms with Crippen LogP contribution in [-0.2, 0) is 9.09 Å². The molecule has 0 heterocycles. The highest BCUT2D eigenvalue weighted by atomic mass is 32.7. The van der Waals surface area contributed by atoms with Gasteiger partial charge in [-0.3, -0.25) is 4.57 Å². The molecule has 0 bridgehead atoms. The molecule has 0 amide bonds. The average Bonchev–Trinajstić information content (AvgIpc) is 1.85. The molecule has 0 aliphatic heterocycles. The molecule has 74 valence electrons. The Morgan fingerprint density at radius 1 is 1.50 bits per heavy atom. The van der Waals surface area contributed by atoms with Crippen LogP contribution in [0, 0.1) is 0 Å². The van der Waals surface area contributed by atoms with E-state index in [4.69, 9.17) is 4.52 Å². The third kappa shape index (κ3) is 7.17. The van der Waals surface area contributed by atoms with E-state index >= 15 is 0 Å². The molecule has 0 saturated carbocycles. The molecule has 0 rings (SSSR count). The second-order valence-electron chi connectivity index (χ2n) is 2.83. The molecule has 0 spiro atoms. The predicted octanol–water partition coefficient (Wildman–Crippen LogP) is 2.14. The molecule has 0 fully saturated rings. The van der Waals surface area contributed by atoms with Crippen LogP contribution in [0.25, 0.3) is 0 Å². The molecule has 0 aromatic carbocycles. The number of nitrogens with zero attached hydrogens (tertiary/aromatic N) is 1. The molecule has 3 nitrogen and oxygen atoms in total. The highest BCUT2D eigenvalue weighted by Gasteiger charge is 2.14. The zero-order valence-electron chi connectivity index (χ0n) is 8.24. The molecule has 1 atom stereocenters. The van der Waals surface area contributed by atoms with Crippen LogP contribution in [0.3, 0.4) is 0 Å². The summed E-state index contributed by atoms with van der Waals surface area (Å²) in [5, 5.41) is 0. The lowest BCUT2D eigenvalue weighted by Crippen LogP contribution is -2.14. The monoisotopic (exact) mass is 211 g/mol. The summed E-state index contributed by atoms with van der Waals surface area (Å²) in [6.45, 7) is 2.65. The van der Waals surface area contributed by atoms with Crippen LogP contribution in [0.1, 0.15) is 6.92 Å². The Morgan fingerprint density at radius 2 is 2.08 bits per heavy atom.